The van der Waals surface area contributed by atoms with Gasteiger partial charge in [-0.3, -0.25) is 24.3 Å². The molecule has 0 bridgehead atoms. The smallest absolute Gasteiger partial charge is 0.270 e. The zero-order chi connectivity index (χ0) is 20.1. The summed E-state index contributed by atoms with van der Waals surface area (Å²) in [6, 6.07) is 11.2. The van der Waals surface area contributed by atoms with E-state index in [9.17, 15) is 19.7 Å². The topological polar surface area (TPSA) is 107 Å². The van der Waals surface area contributed by atoms with E-state index in [1.165, 1.54) is 24.5 Å². The van der Waals surface area contributed by atoms with Gasteiger partial charge in [-0.05, 0) is 30.3 Å². The van der Waals surface area contributed by atoms with Crippen LogP contribution in [-0.4, -0.2) is 32.7 Å². The lowest BCUT2D eigenvalue weighted by molar-refractivity contribution is -0.384. The van der Waals surface area contributed by atoms with Crippen LogP contribution < -0.4 is 10.9 Å². The van der Waals surface area contributed by atoms with Crippen molar-refractivity contribution < 1.29 is 9.72 Å². The van der Waals surface area contributed by atoms with Crippen molar-refractivity contribution in [3.63, 3.8) is 0 Å². The van der Waals surface area contributed by atoms with Crippen LogP contribution in [0.1, 0.15) is 0 Å². The molecule has 1 aromatic heterocycles. The summed E-state index contributed by atoms with van der Waals surface area (Å²) < 4.78 is 1.13. The van der Waals surface area contributed by atoms with Gasteiger partial charge in [-0.2, -0.15) is 0 Å². The maximum atomic E-state index is 12.5. The summed E-state index contributed by atoms with van der Waals surface area (Å²) in [5.41, 5.74) is -0.362. The summed E-state index contributed by atoms with van der Waals surface area (Å²) in [7, 11) is 0. The number of fused-ring (bicyclic) bond motifs is 1. The third kappa shape index (κ3) is 4.87. The number of rotatable bonds is 7. The van der Waals surface area contributed by atoms with Gasteiger partial charge in [0.25, 0.3) is 11.2 Å². The van der Waals surface area contributed by atoms with Gasteiger partial charge >= 0.3 is 0 Å². The van der Waals surface area contributed by atoms with Crippen LogP contribution in [0.4, 0.5) is 5.69 Å². The minimum absolute atomic E-state index is 0.0998. The lowest BCUT2D eigenvalue weighted by atomic mass is 10.2. The highest BCUT2D eigenvalue weighted by molar-refractivity contribution is 7.99. The summed E-state index contributed by atoms with van der Waals surface area (Å²) in [6.45, 7) is 0.212. The molecule has 8 nitrogen and oxygen atoms in total. The molecule has 3 rings (SSSR count). The second-order valence-corrected chi connectivity index (χ2v) is 7.39. The largest absolute Gasteiger partial charge is 0.354 e. The molecule has 0 aliphatic rings. The molecule has 0 saturated heterocycles. The third-order valence-corrected chi connectivity index (χ3v) is 5.10. The van der Waals surface area contributed by atoms with Gasteiger partial charge in [0.2, 0.25) is 5.91 Å². The minimum Gasteiger partial charge on any atom is -0.354 e. The number of nitro benzene ring substituents is 1. The van der Waals surface area contributed by atoms with Gasteiger partial charge in [-0.25, -0.2) is 4.98 Å². The van der Waals surface area contributed by atoms with Crippen LogP contribution in [0, 0.1) is 10.1 Å². The first-order valence-corrected chi connectivity index (χ1v) is 9.59. The van der Waals surface area contributed by atoms with Gasteiger partial charge in [0.05, 0.1) is 22.2 Å². The van der Waals surface area contributed by atoms with Gasteiger partial charge in [0, 0.05) is 34.3 Å². The Morgan fingerprint density at radius 1 is 1.25 bits per heavy atom. The van der Waals surface area contributed by atoms with E-state index in [2.05, 4.69) is 10.3 Å². The molecule has 0 atom stereocenters. The van der Waals surface area contributed by atoms with Crippen molar-refractivity contribution in [2.75, 3.05) is 12.3 Å². The van der Waals surface area contributed by atoms with E-state index in [1.54, 1.807) is 23.9 Å². The molecule has 1 amide bonds. The summed E-state index contributed by atoms with van der Waals surface area (Å²) in [5, 5.41) is 14.4. The molecule has 0 fully saturated rings. The molecule has 0 aliphatic carbocycles. The fourth-order valence-corrected chi connectivity index (χ4v) is 3.37. The van der Waals surface area contributed by atoms with Crippen molar-refractivity contribution in [3.05, 3.63) is 74.3 Å². The number of halogens is 1. The molecular weight excluding hydrogens is 404 g/mol. The Hall–Kier alpha value is -2.91. The molecule has 1 N–H and O–H groups in total. The van der Waals surface area contributed by atoms with Crippen molar-refractivity contribution in [1.82, 2.24) is 14.9 Å². The molecule has 0 spiro atoms. The van der Waals surface area contributed by atoms with Crippen LogP contribution >= 0.6 is 23.4 Å². The predicted molar refractivity (Wildman–Crippen MR) is 108 cm³/mol. The average Bonchev–Trinajstić information content (AvgIpc) is 2.68. The van der Waals surface area contributed by atoms with E-state index >= 15 is 0 Å². The summed E-state index contributed by atoms with van der Waals surface area (Å²) >= 11 is 7.40. The average molecular weight is 419 g/mol. The first-order valence-electron chi connectivity index (χ1n) is 8.23. The van der Waals surface area contributed by atoms with Crippen LogP contribution in [0.3, 0.4) is 0 Å². The van der Waals surface area contributed by atoms with Crippen molar-refractivity contribution in [2.24, 2.45) is 0 Å². The van der Waals surface area contributed by atoms with Gasteiger partial charge in [-0.15, -0.1) is 11.8 Å². The summed E-state index contributed by atoms with van der Waals surface area (Å²) in [4.78, 5) is 40.0. The third-order valence-electron chi connectivity index (χ3n) is 3.84. The number of benzene rings is 2. The van der Waals surface area contributed by atoms with Crippen molar-refractivity contribution in [3.8, 4) is 0 Å². The number of hydrogen-bond acceptors (Lipinski definition) is 6. The number of aromatic nitrogens is 2. The number of amides is 1. The molecule has 1 heterocycles. The second-order valence-electron chi connectivity index (χ2n) is 5.79. The number of hydrogen-bond donors (Lipinski definition) is 1. The van der Waals surface area contributed by atoms with Crippen molar-refractivity contribution in [1.29, 1.82) is 0 Å². The summed E-state index contributed by atoms with van der Waals surface area (Å²) in [6.07, 6.45) is 1.26. The molecule has 0 unspecified atom stereocenters. The highest BCUT2D eigenvalue weighted by atomic mass is 35.5. The monoisotopic (exact) mass is 418 g/mol. The molecule has 2 aromatic carbocycles. The van der Waals surface area contributed by atoms with Crippen molar-refractivity contribution in [2.45, 2.75) is 11.4 Å². The van der Waals surface area contributed by atoms with E-state index in [4.69, 9.17) is 11.6 Å². The number of non-ortho nitro benzene ring substituents is 1. The first-order chi connectivity index (χ1) is 13.4. The van der Waals surface area contributed by atoms with E-state index in [0.717, 1.165) is 9.46 Å². The molecule has 28 heavy (non-hydrogen) atoms. The van der Waals surface area contributed by atoms with Crippen molar-refractivity contribution >= 4 is 45.9 Å². The minimum atomic E-state index is -0.582. The fraction of sp³-hybridized carbons (Fsp3) is 0.167. The Labute approximate surface area is 168 Å². The van der Waals surface area contributed by atoms with Gasteiger partial charge in [0.1, 0.15) is 6.54 Å². The Kier molecular flexibility index (Phi) is 6.27. The van der Waals surface area contributed by atoms with E-state index in [1.807, 2.05) is 12.1 Å². The Balaban J connectivity index is 1.59. The van der Waals surface area contributed by atoms with E-state index in [-0.39, 0.29) is 23.5 Å². The molecule has 0 saturated carbocycles. The number of nitro groups is 1. The van der Waals surface area contributed by atoms with Gasteiger partial charge in [-0.1, -0.05) is 11.6 Å². The Bertz CT molecular complexity index is 1090. The fourth-order valence-electron chi connectivity index (χ4n) is 2.47. The van der Waals surface area contributed by atoms with E-state index in [0.29, 0.717) is 22.8 Å². The Morgan fingerprint density at radius 2 is 2.00 bits per heavy atom. The first kappa shape index (κ1) is 19.8. The summed E-state index contributed by atoms with van der Waals surface area (Å²) in [5.74, 6) is 0.315. The van der Waals surface area contributed by atoms with Crippen LogP contribution in [-0.2, 0) is 11.3 Å². The lowest BCUT2D eigenvalue weighted by Gasteiger charge is -2.08. The standard InChI is InChI=1S/C18H15ClN4O4S/c19-12-1-4-14(5-2-12)28-8-7-20-17(24)10-22-11-21-16-6-3-13(23(26)27)9-15(16)18(22)25/h1-6,9,11H,7-8,10H2,(H,20,24). The number of nitrogens with zero attached hydrogens (tertiary/aromatic N) is 3. The maximum Gasteiger partial charge on any atom is 0.270 e. The number of nitrogens with one attached hydrogen (secondary N) is 1. The maximum absolute atomic E-state index is 12.5. The van der Waals surface area contributed by atoms with Crippen LogP contribution in [0.2, 0.25) is 5.02 Å². The molecule has 144 valence electrons. The number of carbonyl (C=O) groups excluding carboxylic acids is 1. The molecule has 3 aromatic rings. The van der Waals surface area contributed by atoms with Gasteiger partial charge in [0.15, 0.2) is 0 Å². The van der Waals surface area contributed by atoms with Crippen LogP contribution in [0.5, 0.6) is 0 Å². The number of thioether (sulfide) groups is 1. The second kappa shape index (κ2) is 8.85. The zero-order valence-corrected chi connectivity index (χ0v) is 16.1. The lowest BCUT2D eigenvalue weighted by Crippen LogP contribution is -2.33. The molecular formula is C18H15ClN4O4S. The molecule has 10 heteroatoms. The zero-order valence-electron chi connectivity index (χ0n) is 14.5. The molecule has 0 aliphatic heterocycles. The molecule has 0 radical (unpaired) electrons. The number of carbonyl (C=O) groups is 1. The SMILES string of the molecule is O=C(Cn1cnc2ccc([N+](=O)[O-])cc2c1=O)NCCSc1ccc(Cl)cc1. The van der Waals surface area contributed by atoms with Crippen LogP contribution in [0.25, 0.3) is 10.9 Å². The quantitative estimate of drug-likeness (QED) is 0.273. The van der Waals surface area contributed by atoms with Crippen LogP contribution in [0.15, 0.2) is 58.5 Å². The highest BCUT2D eigenvalue weighted by Gasteiger charge is 2.12. The van der Waals surface area contributed by atoms with E-state index < -0.39 is 10.5 Å². The predicted octanol–water partition coefficient (Wildman–Crippen LogP) is 2.87. The van der Waals surface area contributed by atoms with Gasteiger partial charge < -0.3 is 5.32 Å². The Morgan fingerprint density at radius 3 is 2.71 bits per heavy atom. The normalized spacial score (nSPS) is 10.8. The highest BCUT2D eigenvalue weighted by Crippen LogP contribution is 2.19.